The molecule has 3 aromatic rings. The molecule has 0 atom stereocenters. The molecular formula is C29H36N2O3. The molecule has 0 saturated heterocycles. The number of methoxy groups -OCH3 is 1. The average Bonchev–Trinajstić information content (AvgIpc) is 2.82. The van der Waals surface area contributed by atoms with Crippen LogP contribution in [0.2, 0.25) is 0 Å². The molecule has 1 N–H and O–H groups in total. The predicted molar refractivity (Wildman–Crippen MR) is 142 cm³/mol. The van der Waals surface area contributed by atoms with Crippen LogP contribution in [0.25, 0.3) is 16.8 Å². The van der Waals surface area contributed by atoms with Crippen LogP contribution in [-0.2, 0) is 4.79 Å². The molecule has 0 aromatic heterocycles. The molecule has 3 aromatic carbocycles. The Morgan fingerprint density at radius 3 is 2.38 bits per heavy atom. The molecule has 0 aliphatic rings. The van der Waals surface area contributed by atoms with Gasteiger partial charge in [0.05, 0.1) is 13.7 Å². The lowest BCUT2D eigenvalue weighted by atomic mass is 10.1. The number of benzene rings is 3. The van der Waals surface area contributed by atoms with Crippen LogP contribution in [0.3, 0.4) is 0 Å². The third-order valence-corrected chi connectivity index (χ3v) is 5.78. The van der Waals surface area contributed by atoms with Gasteiger partial charge >= 0.3 is 0 Å². The number of hydrogen-bond acceptors (Lipinski definition) is 4. The second-order valence-corrected chi connectivity index (χ2v) is 8.92. The van der Waals surface area contributed by atoms with Crippen molar-refractivity contribution in [3.05, 3.63) is 72.3 Å². The average molecular weight is 461 g/mol. The Morgan fingerprint density at radius 2 is 1.68 bits per heavy atom. The third kappa shape index (κ3) is 7.09. The Kier molecular flexibility index (Phi) is 9.11. The first-order chi connectivity index (χ1) is 16.4. The molecule has 0 fully saturated rings. The van der Waals surface area contributed by atoms with Crippen molar-refractivity contribution in [2.24, 2.45) is 0 Å². The van der Waals surface area contributed by atoms with Crippen LogP contribution in [0.1, 0.15) is 39.7 Å². The van der Waals surface area contributed by atoms with Gasteiger partial charge in [0.2, 0.25) is 5.91 Å². The first kappa shape index (κ1) is 25.3. The highest BCUT2D eigenvalue weighted by Crippen LogP contribution is 2.30. The van der Waals surface area contributed by atoms with E-state index in [1.165, 1.54) is 5.39 Å². The van der Waals surface area contributed by atoms with Crippen molar-refractivity contribution >= 4 is 28.4 Å². The second kappa shape index (κ2) is 12.2. The van der Waals surface area contributed by atoms with E-state index in [0.717, 1.165) is 23.9 Å². The lowest BCUT2D eigenvalue weighted by Crippen LogP contribution is -2.38. The minimum Gasteiger partial charge on any atom is -0.493 e. The van der Waals surface area contributed by atoms with Gasteiger partial charge in [-0.05, 0) is 74.7 Å². The molecule has 5 nitrogen and oxygen atoms in total. The molecule has 0 spiro atoms. The summed E-state index contributed by atoms with van der Waals surface area (Å²) in [5.41, 5.74) is 1.64. The smallest absolute Gasteiger partial charge is 0.248 e. The lowest BCUT2D eigenvalue weighted by molar-refractivity contribution is -0.111. The van der Waals surface area contributed by atoms with Gasteiger partial charge in [0.1, 0.15) is 0 Å². The van der Waals surface area contributed by atoms with E-state index >= 15 is 0 Å². The normalized spacial score (nSPS) is 11.6. The predicted octanol–water partition coefficient (Wildman–Crippen LogP) is 6.39. The van der Waals surface area contributed by atoms with Crippen LogP contribution in [0.4, 0.5) is 5.69 Å². The number of fused-ring (bicyclic) bond motifs is 1. The van der Waals surface area contributed by atoms with Gasteiger partial charge in [-0.15, -0.1) is 0 Å². The molecule has 0 bridgehead atoms. The standard InChI is InChI=1S/C29H36N2O3/c1-21(2)31(22(3)4)17-8-18-34-28-20-26(14-15-27(28)33-5)30-29(32)16-12-23-11-13-24-9-6-7-10-25(24)19-23/h6-7,9-16,19-22H,8,17-18H2,1-5H3,(H,30,32)/b16-12+. The number of rotatable bonds is 11. The summed E-state index contributed by atoms with van der Waals surface area (Å²) in [6.07, 6.45) is 4.27. The van der Waals surface area contributed by atoms with Crippen molar-refractivity contribution < 1.29 is 14.3 Å². The van der Waals surface area contributed by atoms with Crippen LogP contribution < -0.4 is 14.8 Å². The van der Waals surface area contributed by atoms with Gasteiger partial charge in [0.15, 0.2) is 11.5 Å². The van der Waals surface area contributed by atoms with E-state index in [0.29, 0.717) is 35.9 Å². The number of hydrogen-bond donors (Lipinski definition) is 1. The third-order valence-electron chi connectivity index (χ3n) is 5.78. The first-order valence-corrected chi connectivity index (χ1v) is 11.9. The van der Waals surface area contributed by atoms with E-state index in [1.807, 2.05) is 42.5 Å². The topological polar surface area (TPSA) is 50.8 Å². The molecule has 0 radical (unpaired) electrons. The van der Waals surface area contributed by atoms with Crippen LogP contribution in [0.15, 0.2) is 66.7 Å². The summed E-state index contributed by atoms with van der Waals surface area (Å²) in [7, 11) is 1.62. The van der Waals surface area contributed by atoms with E-state index in [4.69, 9.17) is 9.47 Å². The summed E-state index contributed by atoms with van der Waals surface area (Å²) in [6.45, 7) is 10.4. The number of carbonyl (C=O) groups is 1. The van der Waals surface area contributed by atoms with E-state index in [-0.39, 0.29) is 5.91 Å². The van der Waals surface area contributed by atoms with E-state index in [2.05, 4.69) is 62.2 Å². The highest BCUT2D eigenvalue weighted by Gasteiger charge is 2.13. The van der Waals surface area contributed by atoms with E-state index in [1.54, 1.807) is 13.2 Å². The van der Waals surface area contributed by atoms with Crippen LogP contribution in [-0.4, -0.2) is 43.2 Å². The van der Waals surface area contributed by atoms with Crippen LogP contribution in [0.5, 0.6) is 11.5 Å². The second-order valence-electron chi connectivity index (χ2n) is 8.92. The lowest BCUT2D eigenvalue weighted by Gasteiger charge is -2.30. The maximum atomic E-state index is 12.5. The zero-order chi connectivity index (χ0) is 24.5. The van der Waals surface area contributed by atoms with Crippen molar-refractivity contribution in [2.45, 2.75) is 46.2 Å². The Balaban J connectivity index is 1.59. The number of anilines is 1. The highest BCUT2D eigenvalue weighted by atomic mass is 16.5. The first-order valence-electron chi connectivity index (χ1n) is 11.9. The molecule has 180 valence electrons. The maximum Gasteiger partial charge on any atom is 0.248 e. The van der Waals surface area contributed by atoms with Gasteiger partial charge in [-0.1, -0.05) is 36.4 Å². The van der Waals surface area contributed by atoms with Gasteiger partial charge < -0.3 is 14.8 Å². The Labute approximate surface area is 203 Å². The minimum absolute atomic E-state index is 0.200. The number of nitrogens with zero attached hydrogens (tertiary/aromatic N) is 1. The fourth-order valence-electron chi connectivity index (χ4n) is 4.08. The number of carbonyl (C=O) groups excluding carboxylic acids is 1. The fraction of sp³-hybridized carbons (Fsp3) is 0.345. The molecule has 0 aliphatic carbocycles. The minimum atomic E-state index is -0.200. The molecule has 3 rings (SSSR count). The summed E-state index contributed by atoms with van der Waals surface area (Å²) < 4.78 is 11.4. The quantitative estimate of drug-likeness (QED) is 0.266. The Hall–Kier alpha value is -3.31. The molecule has 0 aliphatic heterocycles. The monoisotopic (exact) mass is 460 g/mol. The van der Waals surface area contributed by atoms with Crippen LogP contribution in [0, 0.1) is 0 Å². The molecule has 0 unspecified atom stereocenters. The fourth-order valence-corrected chi connectivity index (χ4v) is 4.08. The summed E-state index contributed by atoms with van der Waals surface area (Å²) in [4.78, 5) is 14.9. The summed E-state index contributed by atoms with van der Waals surface area (Å²) in [5, 5.41) is 5.23. The summed E-state index contributed by atoms with van der Waals surface area (Å²) >= 11 is 0. The van der Waals surface area contributed by atoms with Gasteiger partial charge in [0, 0.05) is 36.5 Å². The molecule has 0 heterocycles. The number of ether oxygens (including phenoxy) is 2. The SMILES string of the molecule is COc1ccc(NC(=O)/C=C/c2ccc3ccccc3c2)cc1OCCCN(C(C)C)C(C)C. The summed E-state index contributed by atoms with van der Waals surface area (Å²) in [5.74, 6) is 1.07. The molecule has 5 heteroatoms. The van der Waals surface area contributed by atoms with Crippen molar-refractivity contribution in [1.82, 2.24) is 4.90 Å². The molecule has 34 heavy (non-hydrogen) atoms. The van der Waals surface area contributed by atoms with Gasteiger partial charge in [-0.3, -0.25) is 9.69 Å². The zero-order valence-electron chi connectivity index (χ0n) is 20.9. The Bertz CT molecular complexity index is 1110. The van der Waals surface area contributed by atoms with Crippen molar-refractivity contribution in [2.75, 3.05) is 25.6 Å². The number of nitrogens with one attached hydrogen (secondary N) is 1. The zero-order valence-corrected chi connectivity index (χ0v) is 20.9. The number of amides is 1. The molecule has 1 amide bonds. The highest BCUT2D eigenvalue weighted by molar-refractivity contribution is 6.02. The van der Waals surface area contributed by atoms with E-state index < -0.39 is 0 Å². The van der Waals surface area contributed by atoms with E-state index in [9.17, 15) is 4.79 Å². The van der Waals surface area contributed by atoms with Crippen molar-refractivity contribution in [3.63, 3.8) is 0 Å². The summed E-state index contributed by atoms with van der Waals surface area (Å²) in [6, 6.07) is 20.7. The maximum absolute atomic E-state index is 12.5. The Morgan fingerprint density at radius 1 is 0.941 bits per heavy atom. The molecular weight excluding hydrogens is 424 g/mol. The largest absolute Gasteiger partial charge is 0.493 e. The van der Waals surface area contributed by atoms with Gasteiger partial charge in [-0.2, -0.15) is 0 Å². The molecule has 0 saturated carbocycles. The van der Waals surface area contributed by atoms with Gasteiger partial charge in [-0.25, -0.2) is 0 Å². The van der Waals surface area contributed by atoms with Crippen molar-refractivity contribution in [1.29, 1.82) is 0 Å². The van der Waals surface area contributed by atoms with Gasteiger partial charge in [0.25, 0.3) is 0 Å². The van der Waals surface area contributed by atoms with Crippen molar-refractivity contribution in [3.8, 4) is 11.5 Å². The van der Waals surface area contributed by atoms with Crippen LogP contribution >= 0.6 is 0 Å².